The number of nitrogens with zero attached hydrogens (tertiary/aromatic N) is 3. The lowest BCUT2D eigenvalue weighted by atomic mass is 9.97. The molecule has 0 saturated carbocycles. The Kier molecular flexibility index (Phi) is 5.13. The third-order valence-corrected chi connectivity index (χ3v) is 4.69. The zero-order valence-corrected chi connectivity index (χ0v) is 14.8. The fourth-order valence-electron chi connectivity index (χ4n) is 3.08. The number of halogens is 1. The van der Waals surface area contributed by atoms with E-state index in [1.807, 2.05) is 42.4 Å². The monoisotopic (exact) mass is 376 g/mol. The van der Waals surface area contributed by atoms with Crippen LogP contribution >= 0.6 is 15.9 Å². The number of rotatable bonds is 4. The quantitative estimate of drug-likeness (QED) is 0.892. The molecule has 0 radical (unpaired) electrons. The molecule has 1 aliphatic heterocycles. The number of hydrogen-bond acceptors (Lipinski definition) is 3. The number of carbonyl (C=O) groups is 1. The summed E-state index contributed by atoms with van der Waals surface area (Å²) in [5, 5.41) is 7.54. The average Bonchev–Trinajstić information content (AvgIpc) is 3.05. The molecule has 1 aromatic heterocycles. The predicted octanol–water partition coefficient (Wildman–Crippen LogP) is 2.71. The highest BCUT2D eigenvalue weighted by Gasteiger charge is 2.24. The minimum absolute atomic E-state index is 0.0760. The normalized spacial score (nSPS) is 18.2. The number of hydrogen-bond donors (Lipinski definition) is 1. The topological polar surface area (TPSA) is 50.2 Å². The summed E-state index contributed by atoms with van der Waals surface area (Å²) < 4.78 is 2.73. The van der Waals surface area contributed by atoms with Gasteiger partial charge in [-0.05, 0) is 50.6 Å². The molecule has 2 aromatic rings. The van der Waals surface area contributed by atoms with E-state index >= 15 is 0 Å². The molecule has 1 aromatic carbocycles. The van der Waals surface area contributed by atoms with Gasteiger partial charge in [0, 0.05) is 23.8 Å². The second kappa shape index (κ2) is 7.27. The van der Waals surface area contributed by atoms with Crippen LogP contribution in [0.3, 0.4) is 0 Å². The molecular weight excluding hydrogens is 356 g/mol. The second-order valence-electron chi connectivity index (χ2n) is 5.97. The van der Waals surface area contributed by atoms with Crippen LogP contribution < -0.4 is 5.32 Å². The van der Waals surface area contributed by atoms with Crippen molar-refractivity contribution in [1.82, 2.24) is 20.0 Å². The lowest BCUT2D eigenvalue weighted by Gasteiger charge is -2.32. The van der Waals surface area contributed by atoms with Gasteiger partial charge in [-0.25, -0.2) is 4.68 Å². The summed E-state index contributed by atoms with van der Waals surface area (Å²) in [6.07, 6.45) is 5.72. The number of aromatic nitrogens is 2. The van der Waals surface area contributed by atoms with E-state index in [0.29, 0.717) is 11.5 Å². The van der Waals surface area contributed by atoms with E-state index < -0.39 is 0 Å². The molecule has 5 nitrogen and oxygen atoms in total. The second-order valence-corrected chi connectivity index (χ2v) is 6.89. The van der Waals surface area contributed by atoms with Gasteiger partial charge in [-0.15, -0.1) is 0 Å². The van der Waals surface area contributed by atoms with E-state index in [-0.39, 0.29) is 5.91 Å². The summed E-state index contributed by atoms with van der Waals surface area (Å²) in [5.41, 5.74) is 1.58. The molecule has 1 atom stereocenters. The van der Waals surface area contributed by atoms with Crippen LogP contribution in [0.2, 0.25) is 0 Å². The maximum absolute atomic E-state index is 12.7. The first-order valence-electron chi connectivity index (χ1n) is 7.92. The molecule has 6 heteroatoms. The van der Waals surface area contributed by atoms with Gasteiger partial charge in [0.1, 0.15) is 0 Å². The first kappa shape index (κ1) is 16.2. The van der Waals surface area contributed by atoms with E-state index in [1.165, 1.54) is 6.42 Å². The summed E-state index contributed by atoms with van der Waals surface area (Å²) in [6, 6.07) is 7.87. The van der Waals surface area contributed by atoms with E-state index in [9.17, 15) is 4.79 Å². The molecule has 0 aliphatic carbocycles. The standard InChI is InChI=1S/C17H21BrN4O/c1-19-9-13-4-3-7-21(11-13)17(23)14-10-20-22(12-14)16-6-2-5-15(18)8-16/h2,5-6,8,10,12-13,19H,3-4,7,9,11H2,1H3. The van der Waals surface area contributed by atoms with Crippen LogP contribution in [0.25, 0.3) is 5.69 Å². The Morgan fingerprint density at radius 2 is 2.35 bits per heavy atom. The largest absolute Gasteiger partial charge is 0.338 e. The number of benzene rings is 1. The Balaban J connectivity index is 1.73. The number of piperidine rings is 1. The summed E-state index contributed by atoms with van der Waals surface area (Å²) in [6.45, 7) is 2.62. The highest BCUT2D eigenvalue weighted by molar-refractivity contribution is 9.10. The Bertz CT molecular complexity index is 683. The van der Waals surface area contributed by atoms with Crippen LogP contribution in [0.4, 0.5) is 0 Å². The predicted molar refractivity (Wildman–Crippen MR) is 93.8 cm³/mol. The third kappa shape index (κ3) is 3.82. The van der Waals surface area contributed by atoms with Gasteiger partial charge in [0.05, 0.1) is 17.4 Å². The van der Waals surface area contributed by atoms with Crippen molar-refractivity contribution < 1.29 is 4.79 Å². The molecule has 1 amide bonds. The number of nitrogens with one attached hydrogen (secondary N) is 1. The van der Waals surface area contributed by atoms with Gasteiger partial charge in [0.15, 0.2) is 0 Å². The van der Waals surface area contributed by atoms with Crippen molar-refractivity contribution >= 4 is 21.8 Å². The van der Waals surface area contributed by atoms with Crippen molar-refractivity contribution in [3.8, 4) is 5.69 Å². The van der Waals surface area contributed by atoms with Crippen molar-refractivity contribution in [2.24, 2.45) is 5.92 Å². The van der Waals surface area contributed by atoms with Gasteiger partial charge in [-0.2, -0.15) is 5.10 Å². The van der Waals surface area contributed by atoms with Crippen molar-refractivity contribution in [3.63, 3.8) is 0 Å². The fraction of sp³-hybridized carbons (Fsp3) is 0.412. The maximum Gasteiger partial charge on any atom is 0.257 e. The zero-order valence-electron chi connectivity index (χ0n) is 13.2. The highest BCUT2D eigenvalue weighted by Crippen LogP contribution is 2.19. The lowest BCUT2D eigenvalue weighted by molar-refractivity contribution is 0.0674. The zero-order chi connectivity index (χ0) is 16.2. The third-order valence-electron chi connectivity index (χ3n) is 4.20. The Hall–Kier alpha value is -1.66. The van der Waals surface area contributed by atoms with Gasteiger partial charge in [0.25, 0.3) is 5.91 Å². The van der Waals surface area contributed by atoms with Crippen LogP contribution in [-0.4, -0.2) is 47.3 Å². The molecule has 1 saturated heterocycles. The van der Waals surface area contributed by atoms with Gasteiger partial charge < -0.3 is 10.2 Å². The first-order chi connectivity index (χ1) is 11.2. The molecule has 122 valence electrons. The molecule has 2 heterocycles. The molecule has 1 unspecified atom stereocenters. The summed E-state index contributed by atoms with van der Waals surface area (Å²) in [7, 11) is 1.96. The van der Waals surface area contributed by atoms with E-state index in [2.05, 4.69) is 26.3 Å². The Morgan fingerprint density at radius 1 is 1.48 bits per heavy atom. The number of likely N-dealkylation sites (tertiary alicyclic amines) is 1. The Morgan fingerprint density at radius 3 is 3.13 bits per heavy atom. The molecular formula is C17H21BrN4O. The SMILES string of the molecule is CNCC1CCCN(C(=O)c2cnn(-c3cccc(Br)c3)c2)C1. The molecule has 23 heavy (non-hydrogen) atoms. The van der Waals surface area contributed by atoms with Gasteiger partial charge in [0.2, 0.25) is 0 Å². The minimum Gasteiger partial charge on any atom is -0.338 e. The summed E-state index contributed by atoms with van der Waals surface area (Å²) in [5.74, 6) is 0.616. The van der Waals surface area contributed by atoms with Gasteiger partial charge in [-0.3, -0.25) is 4.79 Å². The molecule has 1 aliphatic rings. The van der Waals surface area contributed by atoms with Crippen LogP contribution in [0, 0.1) is 5.92 Å². The van der Waals surface area contributed by atoms with E-state index in [1.54, 1.807) is 10.9 Å². The van der Waals surface area contributed by atoms with Crippen molar-refractivity contribution in [2.75, 3.05) is 26.7 Å². The maximum atomic E-state index is 12.7. The summed E-state index contributed by atoms with van der Waals surface area (Å²) >= 11 is 3.46. The van der Waals surface area contributed by atoms with Crippen LogP contribution in [0.5, 0.6) is 0 Å². The summed E-state index contributed by atoms with van der Waals surface area (Å²) in [4.78, 5) is 14.7. The van der Waals surface area contributed by atoms with Crippen LogP contribution in [0.1, 0.15) is 23.2 Å². The fourth-order valence-corrected chi connectivity index (χ4v) is 3.47. The molecule has 1 fully saturated rings. The number of carbonyl (C=O) groups excluding carboxylic acids is 1. The smallest absolute Gasteiger partial charge is 0.257 e. The van der Waals surface area contributed by atoms with Gasteiger partial charge in [-0.1, -0.05) is 22.0 Å². The first-order valence-corrected chi connectivity index (χ1v) is 8.71. The van der Waals surface area contributed by atoms with E-state index in [0.717, 1.165) is 36.2 Å². The van der Waals surface area contributed by atoms with Crippen molar-refractivity contribution in [1.29, 1.82) is 0 Å². The van der Waals surface area contributed by atoms with E-state index in [4.69, 9.17) is 0 Å². The minimum atomic E-state index is 0.0760. The highest BCUT2D eigenvalue weighted by atomic mass is 79.9. The number of amides is 1. The molecule has 1 N–H and O–H groups in total. The van der Waals surface area contributed by atoms with Crippen molar-refractivity contribution in [2.45, 2.75) is 12.8 Å². The Labute approximate surface area is 144 Å². The van der Waals surface area contributed by atoms with Crippen LogP contribution in [0.15, 0.2) is 41.1 Å². The molecule has 0 spiro atoms. The van der Waals surface area contributed by atoms with Gasteiger partial charge >= 0.3 is 0 Å². The van der Waals surface area contributed by atoms with Crippen molar-refractivity contribution in [3.05, 3.63) is 46.7 Å². The molecule has 3 rings (SSSR count). The lowest BCUT2D eigenvalue weighted by Crippen LogP contribution is -2.42. The van der Waals surface area contributed by atoms with Crippen LogP contribution in [-0.2, 0) is 0 Å². The average molecular weight is 377 g/mol. The molecule has 0 bridgehead atoms.